The lowest BCUT2D eigenvalue weighted by Crippen LogP contribution is -2.28. The summed E-state index contributed by atoms with van der Waals surface area (Å²) < 4.78 is 0. The molecule has 0 fully saturated rings. The summed E-state index contributed by atoms with van der Waals surface area (Å²) in [5, 5.41) is 8.78. The second kappa shape index (κ2) is 13.0. The van der Waals surface area contributed by atoms with Crippen LogP contribution in [0, 0.1) is 12.8 Å². The van der Waals surface area contributed by atoms with Gasteiger partial charge in [-0.15, -0.1) is 12.8 Å². The third kappa shape index (κ3) is 10.9. The fourth-order valence-corrected chi connectivity index (χ4v) is 1.16. The zero-order valence-corrected chi connectivity index (χ0v) is 10.1. The topological polar surface area (TPSA) is 23.5 Å². The third-order valence-corrected chi connectivity index (χ3v) is 1.91. The van der Waals surface area contributed by atoms with E-state index in [1.54, 1.807) is 0 Å². The van der Waals surface area contributed by atoms with Gasteiger partial charge in [-0.1, -0.05) is 30.7 Å². The average Bonchev–Trinajstić information content (AvgIpc) is 2.28. The lowest BCUT2D eigenvalue weighted by molar-refractivity contribution is 0.212. The van der Waals surface area contributed by atoms with Gasteiger partial charge in [-0.3, -0.25) is 4.90 Å². The van der Waals surface area contributed by atoms with Gasteiger partial charge in [0.25, 0.3) is 0 Å². The highest BCUT2D eigenvalue weighted by Gasteiger charge is 2.00. The highest BCUT2D eigenvalue weighted by Crippen LogP contribution is 1.98. The molecular formula is C13H23NO. The number of hydrogen-bond acceptors (Lipinski definition) is 2. The van der Waals surface area contributed by atoms with Gasteiger partial charge in [0.15, 0.2) is 0 Å². The van der Waals surface area contributed by atoms with E-state index < -0.39 is 0 Å². The molecule has 0 spiro atoms. The van der Waals surface area contributed by atoms with Crippen LogP contribution in [-0.2, 0) is 0 Å². The predicted molar refractivity (Wildman–Crippen MR) is 67.7 cm³/mol. The van der Waals surface area contributed by atoms with E-state index in [4.69, 9.17) is 5.11 Å². The first-order chi connectivity index (χ1) is 7.24. The molecular weight excluding hydrogens is 186 g/mol. The van der Waals surface area contributed by atoms with E-state index in [1.165, 1.54) is 5.57 Å². The largest absolute Gasteiger partial charge is 0.395 e. The molecule has 2 heteroatoms. The number of nitrogens with zero attached hydrogens (tertiary/aromatic N) is 1. The van der Waals surface area contributed by atoms with Gasteiger partial charge in [0.1, 0.15) is 0 Å². The average molecular weight is 209 g/mol. The summed E-state index contributed by atoms with van der Waals surface area (Å²) in [5.41, 5.74) is 1.33. The van der Waals surface area contributed by atoms with Crippen LogP contribution in [-0.4, -0.2) is 36.2 Å². The number of hydrogen-bond donors (Lipinski definition) is 1. The summed E-state index contributed by atoms with van der Waals surface area (Å²) in [6.07, 6.45) is 14.2. The number of terminal acetylenes is 1. The normalized spacial score (nSPS) is 11.5. The molecule has 0 bridgehead atoms. The Balaban J connectivity index is 0. The summed E-state index contributed by atoms with van der Waals surface area (Å²) in [6, 6.07) is 0. The van der Waals surface area contributed by atoms with Gasteiger partial charge in [-0.05, 0) is 20.4 Å². The van der Waals surface area contributed by atoms with E-state index >= 15 is 0 Å². The quantitative estimate of drug-likeness (QED) is 0.535. The molecule has 1 N–H and O–H groups in total. The minimum absolute atomic E-state index is 0.241. The van der Waals surface area contributed by atoms with Crippen LogP contribution in [0.25, 0.3) is 0 Å². The van der Waals surface area contributed by atoms with Gasteiger partial charge in [0.05, 0.1) is 6.61 Å². The Labute approximate surface area is 94.3 Å². The van der Waals surface area contributed by atoms with Gasteiger partial charge in [-0.25, -0.2) is 0 Å². The zero-order valence-electron chi connectivity index (χ0n) is 10.1. The molecule has 0 aliphatic heterocycles. The van der Waals surface area contributed by atoms with Gasteiger partial charge in [0, 0.05) is 13.1 Å². The van der Waals surface area contributed by atoms with Crippen LogP contribution >= 0.6 is 0 Å². The minimum Gasteiger partial charge on any atom is -0.395 e. The smallest absolute Gasteiger partial charge is 0.0558 e. The van der Waals surface area contributed by atoms with Crippen molar-refractivity contribution in [2.75, 3.05) is 26.2 Å². The number of likely N-dealkylation sites (N-methyl/N-ethyl adjacent to an activating group) is 1. The van der Waals surface area contributed by atoms with Gasteiger partial charge in [-0.2, -0.15) is 0 Å². The van der Waals surface area contributed by atoms with Crippen LogP contribution in [0.2, 0.25) is 0 Å². The molecule has 0 saturated carbocycles. The first kappa shape index (κ1) is 16.4. The molecule has 86 valence electrons. The van der Waals surface area contributed by atoms with Crippen molar-refractivity contribution in [1.29, 1.82) is 0 Å². The van der Waals surface area contributed by atoms with Crippen molar-refractivity contribution in [3.63, 3.8) is 0 Å². The minimum atomic E-state index is 0.241. The highest BCUT2D eigenvalue weighted by molar-refractivity contribution is 5.11. The molecule has 0 heterocycles. The molecule has 0 unspecified atom stereocenters. The Morgan fingerprint density at radius 2 is 2.00 bits per heavy atom. The molecule has 0 radical (unpaired) electrons. The van der Waals surface area contributed by atoms with Crippen molar-refractivity contribution in [2.45, 2.75) is 20.8 Å². The van der Waals surface area contributed by atoms with Crippen molar-refractivity contribution >= 4 is 0 Å². The summed E-state index contributed by atoms with van der Waals surface area (Å²) in [7, 11) is 0. The summed E-state index contributed by atoms with van der Waals surface area (Å²) in [6.45, 7) is 9.17. The Morgan fingerprint density at radius 3 is 2.40 bits per heavy atom. The van der Waals surface area contributed by atoms with Crippen molar-refractivity contribution in [3.8, 4) is 12.8 Å². The highest BCUT2D eigenvalue weighted by atomic mass is 16.3. The lowest BCUT2D eigenvalue weighted by Gasteiger charge is -2.18. The molecule has 0 amide bonds. The second-order valence-corrected chi connectivity index (χ2v) is 3.13. The Bertz CT molecular complexity index is 204. The molecule has 0 aromatic rings. The lowest BCUT2D eigenvalue weighted by atomic mass is 10.2. The van der Waals surface area contributed by atoms with Gasteiger partial charge >= 0.3 is 0 Å². The van der Waals surface area contributed by atoms with Crippen LogP contribution in [0.15, 0.2) is 23.8 Å². The second-order valence-electron chi connectivity index (χ2n) is 3.13. The van der Waals surface area contributed by atoms with E-state index in [2.05, 4.69) is 37.7 Å². The maximum atomic E-state index is 8.78. The van der Waals surface area contributed by atoms with Gasteiger partial charge in [0.2, 0.25) is 0 Å². The molecule has 2 nitrogen and oxygen atoms in total. The fourth-order valence-electron chi connectivity index (χ4n) is 1.16. The summed E-state index contributed by atoms with van der Waals surface area (Å²) >= 11 is 0. The van der Waals surface area contributed by atoms with Crippen LogP contribution in [0.4, 0.5) is 0 Å². The fraction of sp³-hybridized carbons (Fsp3) is 0.538. The first-order valence-electron chi connectivity index (χ1n) is 5.19. The predicted octanol–water partition coefficient (Wildman–Crippen LogP) is 2.07. The SMILES string of the molecule is C#C.C/C=C\C=C(/C)CN(CC)CCO. The van der Waals surface area contributed by atoms with Crippen molar-refractivity contribution in [2.24, 2.45) is 0 Å². The molecule has 0 aliphatic rings. The standard InChI is InChI=1S/C11H21NO.C2H2/c1-4-6-7-11(3)10-12(5-2)8-9-13;1-2/h4,6-7,13H,5,8-10H2,1-3H3;1-2H/b6-4-,11-7+;. The number of aliphatic hydroxyl groups excluding tert-OH is 1. The summed E-state index contributed by atoms with van der Waals surface area (Å²) in [4.78, 5) is 2.22. The summed E-state index contributed by atoms with van der Waals surface area (Å²) in [5.74, 6) is 0. The van der Waals surface area contributed by atoms with E-state index in [0.29, 0.717) is 0 Å². The zero-order chi connectivity index (χ0) is 12.1. The number of aliphatic hydroxyl groups is 1. The van der Waals surface area contributed by atoms with Crippen LogP contribution in [0.1, 0.15) is 20.8 Å². The molecule has 0 aliphatic carbocycles. The van der Waals surface area contributed by atoms with Gasteiger partial charge < -0.3 is 5.11 Å². The monoisotopic (exact) mass is 209 g/mol. The van der Waals surface area contributed by atoms with Crippen LogP contribution < -0.4 is 0 Å². The Morgan fingerprint density at radius 1 is 1.40 bits per heavy atom. The van der Waals surface area contributed by atoms with Crippen LogP contribution in [0.5, 0.6) is 0 Å². The first-order valence-corrected chi connectivity index (χ1v) is 5.19. The van der Waals surface area contributed by atoms with E-state index in [0.717, 1.165) is 19.6 Å². The number of allylic oxidation sites excluding steroid dienone is 3. The Kier molecular flexibility index (Phi) is 14.2. The third-order valence-electron chi connectivity index (χ3n) is 1.91. The maximum absolute atomic E-state index is 8.78. The molecule has 0 aromatic heterocycles. The van der Waals surface area contributed by atoms with Crippen LogP contribution in [0.3, 0.4) is 0 Å². The van der Waals surface area contributed by atoms with Crippen molar-refractivity contribution in [1.82, 2.24) is 4.90 Å². The number of rotatable bonds is 6. The van der Waals surface area contributed by atoms with Crippen molar-refractivity contribution in [3.05, 3.63) is 23.8 Å². The molecule has 0 saturated heterocycles. The van der Waals surface area contributed by atoms with E-state index in [9.17, 15) is 0 Å². The molecule has 0 atom stereocenters. The Hall–Kier alpha value is -1.04. The van der Waals surface area contributed by atoms with E-state index in [-0.39, 0.29) is 6.61 Å². The maximum Gasteiger partial charge on any atom is 0.0558 e. The van der Waals surface area contributed by atoms with Crippen molar-refractivity contribution < 1.29 is 5.11 Å². The molecule has 15 heavy (non-hydrogen) atoms. The molecule has 0 rings (SSSR count). The van der Waals surface area contributed by atoms with E-state index in [1.807, 2.05) is 19.1 Å². The molecule has 0 aromatic carbocycles.